The number of hydrogen-bond acceptors (Lipinski definition) is 10. The Morgan fingerprint density at radius 2 is 1.81 bits per heavy atom. The summed E-state index contributed by atoms with van der Waals surface area (Å²) in [7, 11) is 1.51. The zero-order valence-corrected chi connectivity index (χ0v) is 25.3. The number of halogens is 1. The van der Waals surface area contributed by atoms with Crippen molar-refractivity contribution < 1.29 is 28.6 Å². The predicted octanol–water partition coefficient (Wildman–Crippen LogP) is 6.42. The zero-order chi connectivity index (χ0) is 30.5. The number of aromatic nitrogens is 3. The average molecular weight is 621 g/mol. The number of thioether (sulfide) groups is 1. The lowest BCUT2D eigenvalue weighted by atomic mass is 9.95. The van der Waals surface area contributed by atoms with Gasteiger partial charge in [0.05, 0.1) is 25.3 Å². The Morgan fingerprint density at radius 1 is 1.07 bits per heavy atom. The Hall–Kier alpha value is -4.29. The molecule has 1 N–H and O–H groups in total. The maximum Gasteiger partial charge on any atom is 0.301 e. The topological polar surface area (TPSA) is 115 Å². The van der Waals surface area contributed by atoms with E-state index in [0.29, 0.717) is 45.2 Å². The van der Waals surface area contributed by atoms with E-state index in [2.05, 4.69) is 29.0 Å². The summed E-state index contributed by atoms with van der Waals surface area (Å²) < 4.78 is 25.4. The normalized spacial score (nSPS) is 16.2. The van der Waals surface area contributed by atoms with Gasteiger partial charge in [-0.3, -0.25) is 19.5 Å². The molecule has 1 fully saturated rings. The van der Waals surface area contributed by atoms with E-state index in [4.69, 9.17) is 9.47 Å². The summed E-state index contributed by atoms with van der Waals surface area (Å²) in [6, 6.07) is 13.4. The predicted molar refractivity (Wildman–Crippen MR) is 163 cm³/mol. The Morgan fingerprint density at radius 3 is 2.51 bits per heavy atom. The third kappa shape index (κ3) is 6.70. The lowest BCUT2D eigenvalue weighted by molar-refractivity contribution is -0.132. The van der Waals surface area contributed by atoms with Crippen LogP contribution >= 0.6 is 23.1 Å². The number of benzene rings is 2. The van der Waals surface area contributed by atoms with Gasteiger partial charge in [-0.2, -0.15) is 0 Å². The van der Waals surface area contributed by atoms with E-state index in [9.17, 15) is 19.1 Å². The minimum atomic E-state index is -1.02. The molecule has 1 atom stereocenters. The van der Waals surface area contributed by atoms with Crippen LogP contribution in [0.3, 0.4) is 0 Å². The van der Waals surface area contributed by atoms with Crippen LogP contribution < -0.4 is 14.4 Å². The molecule has 3 heterocycles. The molecule has 0 spiro atoms. The molecule has 43 heavy (non-hydrogen) atoms. The highest BCUT2D eigenvalue weighted by atomic mass is 32.2. The van der Waals surface area contributed by atoms with E-state index in [1.54, 1.807) is 42.5 Å². The number of methoxy groups -OCH3 is 1. The highest BCUT2D eigenvalue weighted by Crippen LogP contribution is 2.45. The van der Waals surface area contributed by atoms with E-state index < -0.39 is 17.7 Å². The average Bonchev–Trinajstić information content (AvgIpc) is 3.58. The number of anilines is 1. The minimum Gasteiger partial charge on any atom is -0.507 e. The molecular weight excluding hydrogens is 591 g/mol. The van der Waals surface area contributed by atoms with Gasteiger partial charge in [-0.25, -0.2) is 4.39 Å². The Labute approximate surface area is 256 Å². The second kappa shape index (κ2) is 13.3. The first-order valence-corrected chi connectivity index (χ1v) is 15.3. The van der Waals surface area contributed by atoms with Gasteiger partial charge in [0.1, 0.15) is 11.6 Å². The number of ketones is 1. The van der Waals surface area contributed by atoms with Crippen molar-refractivity contribution in [1.82, 2.24) is 15.2 Å². The zero-order valence-electron chi connectivity index (χ0n) is 23.7. The number of rotatable bonds is 11. The molecule has 0 saturated carbocycles. The van der Waals surface area contributed by atoms with Gasteiger partial charge in [0.15, 0.2) is 15.8 Å². The van der Waals surface area contributed by atoms with Crippen LogP contribution in [0, 0.1) is 11.7 Å². The third-order valence-electron chi connectivity index (χ3n) is 6.73. The number of carbonyl (C=O) groups is 2. The number of nitrogens with zero attached hydrogens (tertiary/aromatic N) is 4. The highest BCUT2D eigenvalue weighted by molar-refractivity contribution is 8.00. The molecule has 4 aromatic rings. The molecular formula is C31H29FN4O5S2. The first-order chi connectivity index (χ1) is 20.8. The van der Waals surface area contributed by atoms with Crippen LogP contribution in [0.2, 0.25) is 0 Å². The van der Waals surface area contributed by atoms with Gasteiger partial charge >= 0.3 is 5.91 Å². The Bertz CT molecular complexity index is 1640. The van der Waals surface area contributed by atoms with Crippen molar-refractivity contribution >= 4 is 45.7 Å². The number of Topliss-reactive ketones (excluding diaryl/α,β-unsaturated/α-hetero) is 1. The quantitative estimate of drug-likeness (QED) is 0.0667. The van der Waals surface area contributed by atoms with Crippen molar-refractivity contribution in [3.8, 4) is 11.5 Å². The maximum absolute atomic E-state index is 13.5. The summed E-state index contributed by atoms with van der Waals surface area (Å²) >= 11 is 2.52. The van der Waals surface area contributed by atoms with E-state index in [-0.39, 0.29) is 22.3 Å². The van der Waals surface area contributed by atoms with Crippen molar-refractivity contribution in [2.45, 2.75) is 36.4 Å². The molecule has 1 saturated heterocycles. The van der Waals surface area contributed by atoms with Crippen LogP contribution in [0.15, 0.2) is 76.9 Å². The van der Waals surface area contributed by atoms with Crippen molar-refractivity contribution in [2.75, 3.05) is 18.6 Å². The molecule has 1 amide bonds. The Kier molecular flexibility index (Phi) is 9.37. The molecule has 9 nitrogen and oxygen atoms in total. The lowest BCUT2D eigenvalue weighted by Gasteiger charge is -2.23. The largest absolute Gasteiger partial charge is 0.507 e. The van der Waals surface area contributed by atoms with Gasteiger partial charge in [0.25, 0.3) is 5.78 Å². The van der Waals surface area contributed by atoms with E-state index in [1.807, 2.05) is 0 Å². The van der Waals surface area contributed by atoms with Crippen molar-refractivity contribution in [1.29, 1.82) is 0 Å². The fourth-order valence-electron chi connectivity index (χ4n) is 4.47. The fraction of sp³-hybridized carbons (Fsp3) is 0.258. The standard InChI is InChI=1S/C31H29FN4O5S2/c1-18(2)12-15-41-23-9-6-21(16-24(23)40-3)26-25(27(37)20-10-13-33-14-11-20)28(38)29(39)36(26)30-34-35-31(43-30)42-17-19-4-7-22(32)8-5-19/h4-11,13-14,16,18,26,37H,12,15,17H2,1-3H3/b27-25+. The van der Waals surface area contributed by atoms with Crippen LogP contribution in [0.4, 0.5) is 9.52 Å². The van der Waals surface area contributed by atoms with Gasteiger partial charge in [-0.05, 0) is 59.9 Å². The smallest absolute Gasteiger partial charge is 0.301 e. The van der Waals surface area contributed by atoms with Gasteiger partial charge < -0.3 is 14.6 Å². The van der Waals surface area contributed by atoms with Crippen LogP contribution in [0.5, 0.6) is 11.5 Å². The second-order valence-corrected chi connectivity index (χ2v) is 12.3. The van der Waals surface area contributed by atoms with E-state index in [1.165, 1.54) is 48.3 Å². The van der Waals surface area contributed by atoms with Gasteiger partial charge in [-0.15, -0.1) is 10.2 Å². The number of pyridine rings is 1. The first-order valence-electron chi connectivity index (χ1n) is 13.5. The molecule has 1 aliphatic heterocycles. The van der Waals surface area contributed by atoms with Crippen LogP contribution in [0.1, 0.15) is 43.0 Å². The molecule has 12 heteroatoms. The molecule has 0 aliphatic carbocycles. The summed E-state index contributed by atoms with van der Waals surface area (Å²) in [6.07, 6.45) is 3.83. The minimum absolute atomic E-state index is 0.0950. The molecule has 2 aromatic heterocycles. The number of carbonyl (C=O) groups excluding carboxylic acids is 2. The summed E-state index contributed by atoms with van der Waals surface area (Å²) in [6.45, 7) is 4.71. The molecule has 1 aliphatic rings. The third-order valence-corrected chi connectivity index (χ3v) is 8.86. The van der Waals surface area contributed by atoms with E-state index in [0.717, 1.165) is 23.3 Å². The number of ether oxygens (including phenoxy) is 2. The van der Waals surface area contributed by atoms with Crippen molar-refractivity contribution in [3.05, 3.63) is 95.1 Å². The summed E-state index contributed by atoms with van der Waals surface area (Å²) in [5, 5.41) is 20.0. The van der Waals surface area contributed by atoms with Crippen molar-refractivity contribution in [2.24, 2.45) is 5.92 Å². The SMILES string of the molecule is COc1cc(C2/C(=C(\O)c3ccncc3)C(=O)C(=O)N2c2nnc(SCc3ccc(F)cc3)s2)ccc1OCCC(C)C. The first kappa shape index (κ1) is 30.2. The number of aliphatic hydroxyl groups is 1. The molecule has 1 unspecified atom stereocenters. The van der Waals surface area contributed by atoms with Gasteiger partial charge in [0.2, 0.25) is 5.13 Å². The lowest BCUT2D eigenvalue weighted by Crippen LogP contribution is -2.29. The van der Waals surface area contributed by atoms with Crippen LogP contribution in [-0.4, -0.2) is 45.7 Å². The van der Waals surface area contributed by atoms with Gasteiger partial charge in [-0.1, -0.05) is 55.1 Å². The van der Waals surface area contributed by atoms with Crippen LogP contribution in [0.25, 0.3) is 5.76 Å². The molecule has 0 bridgehead atoms. The molecule has 5 rings (SSSR count). The number of hydrogen-bond donors (Lipinski definition) is 1. The van der Waals surface area contributed by atoms with Gasteiger partial charge in [0, 0.05) is 23.7 Å². The molecule has 222 valence electrons. The summed E-state index contributed by atoms with van der Waals surface area (Å²) in [5.74, 6) is -0.440. The van der Waals surface area contributed by atoms with Crippen LogP contribution in [-0.2, 0) is 15.3 Å². The maximum atomic E-state index is 13.5. The monoisotopic (exact) mass is 620 g/mol. The Balaban J connectivity index is 1.53. The highest BCUT2D eigenvalue weighted by Gasteiger charge is 2.48. The van der Waals surface area contributed by atoms with E-state index >= 15 is 0 Å². The fourth-order valence-corrected chi connectivity index (χ4v) is 6.30. The second-order valence-electron chi connectivity index (χ2n) is 10.1. The number of amides is 1. The van der Waals surface area contributed by atoms with Crippen molar-refractivity contribution in [3.63, 3.8) is 0 Å². The molecule has 0 radical (unpaired) electrons. The summed E-state index contributed by atoms with van der Waals surface area (Å²) in [4.78, 5) is 32.3. The molecule has 2 aromatic carbocycles. The number of aliphatic hydroxyl groups excluding tert-OH is 1. The summed E-state index contributed by atoms with van der Waals surface area (Å²) in [5.41, 5.74) is 1.65.